The maximum Gasteiger partial charge on any atom is 0.326 e. The van der Waals surface area contributed by atoms with Gasteiger partial charge in [-0.15, -0.1) is 0 Å². The van der Waals surface area contributed by atoms with Crippen molar-refractivity contribution in [2.45, 2.75) is 71.5 Å². The maximum atomic E-state index is 12.2. The van der Waals surface area contributed by atoms with E-state index in [0.29, 0.717) is 12.0 Å². The van der Waals surface area contributed by atoms with Crippen LogP contribution >= 0.6 is 0 Å². The number of carbonyl (C=O) groups is 1. The van der Waals surface area contributed by atoms with Crippen LogP contribution in [0, 0.1) is 5.92 Å². The van der Waals surface area contributed by atoms with E-state index < -0.39 is 5.54 Å². The normalized spacial score (nSPS) is 26.8. The number of ether oxygens (including phenoxy) is 1. The zero-order valence-corrected chi connectivity index (χ0v) is 14.0. The fraction of sp³-hybridized carbons (Fsp3) is 0.938. The Balaban J connectivity index is 2.80. The molecule has 0 bridgehead atoms. The minimum Gasteiger partial charge on any atom is -0.468 e. The summed E-state index contributed by atoms with van der Waals surface area (Å²) >= 11 is 0. The molecule has 1 fully saturated rings. The molecule has 0 aromatic rings. The summed E-state index contributed by atoms with van der Waals surface area (Å²) < 4.78 is 5.06. The van der Waals surface area contributed by atoms with Crippen LogP contribution in [0.25, 0.3) is 0 Å². The molecule has 2 unspecified atom stereocenters. The molecule has 2 atom stereocenters. The van der Waals surface area contributed by atoms with Crippen LogP contribution in [0.4, 0.5) is 0 Å². The summed E-state index contributed by atoms with van der Waals surface area (Å²) in [6.45, 7) is 13.0. The van der Waals surface area contributed by atoms with Crippen molar-refractivity contribution in [2.24, 2.45) is 5.92 Å². The summed E-state index contributed by atoms with van der Waals surface area (Å²) in [5.41, 5.74) is -0.488. The first-order valence-corrected chi connectivity index (χ1v) is 7.94. The van der Waals surface area contributed by atoms with Crippen molar-refractivity contribution in [1.82, 2.24) is 10.2 Å². The third-order valence-corrected chi connectivity index (χ3v) is 4.15. The van der Waals surface area contributed by atoms with E-state index in [4.69, 9.17) is 4.74 Å². The Morgan fingerprint density at radius 3 is 2.50 bits per heavy atom. The second-order valence-corrected chi connectivity index (χ2v) is 6.75. The summed E-state index contributed by atoms with van der Waals surface area (Å²) in [6.07, 6.45) is 2.80. The highest BCUT2D eigenvalue weighted by Crippen LogP contribution is 2.35. The number of nitrogens with one attached hydrogen (secondary N) is 1. The molecule has 0 aliphatic heterocycles. The topological polar surface area (TPSA) is 41.6 Å². The molecule has 0 aromatic heterocycles. The van der Waals surface area contributed by atoms with Gasteiger partial charge in [0.2, 0.25) is 0 Å². The van der Waals surface area contributed by atoms with Gasteiger partial charge in [0.05, 0.1) is 7.11 Å². The zero-order chi connectivity index (χ0) is 15.3. The van der Waals surface area contributed by atoms with Crippen LogP contribution < -0.4 is 5.32 Å². The molecular weight excluding hydrogens is 252 g/mol. The Morgan fingerprint density at radius 1 is 1.40 bits per heavy atom. The van der Waals surface area contributed by atoms with Crippen LogP contribution in [0.5, 0.6) is 0 Å². The van der Waals surface area contributed by atoms with Gasteiger partial charge < -0.3 is 9.64 Å². The van der Waals surface area contributed by atoms with Gasteiger partial charge in [-0.2, -0.15) is 0 Å². The molecule has 0 amide bonds. The van der Waals surface area contributed by atoms with Gasteiger partial charge in [-0.25, -0.2) is 0 Å². The fourth-order valence-electron chi connectivity index (χ4n) is 3.46. The lowest BCUT2D eigenvalue weighted by Gasteiger charge is -2.33. The molecule has 4 heteroatoms. The van der Waals surface area contributed by atoms with Crippen molar-refractivity contribution in [2.75, 3.05) is 20.2 Å². The highest BCUT2D eigenvalue weighted by Gasteiger charge is 2.47. The molecule has 4 nitrogen and oxygen atoms in total. The van der Waals surface area contributed by atoms with Crippen LogP contribution in [0.3, 0.4) is 0 Å². The first-order chi connectivity index (χ1) is 9.34. The zero-order valence-electron chi connectivity index (χ0n) is 14.0. The molecule has 0 radical (unpaired) electrons. The predicted molar refractivity (Wildman–Crippen MR) is 82.7 cm³/mol. The molecule has 0 aromatic carbocycles. The van der Waals surface area contributed by atoms with Gasteiger partial charge in [0.1, 0.15) is 5.54 Å². The van der Waals surface area contributed by atoms with Crippen molar-refractivity contribution in [3.63, 3.8) is 0 Å². The number of esters is 1. The second kappa shape index (κ2) is 7.41. The largest absolute Gasteiger partial charge is 0.468 e. The second-order valence-electron chi connectivity index (χ2n) is 6.75. The van der Waals surface area contributed by atoms with Crippen LogP contribution in [0.1, 0.15) is 53.9 Å². The lowest BCUT2D eigenvalue weighted by atomic mass is 9.96. The van der Waals surface area contributed by atoms with Crippen molar-refractivity contribution >= 4 is 5.97 Å². The van der Waals surface area contributed by atoms with Gasteiger partial charge in [0.15, 0.2) is 0 Å². The lowest BCUT2D eigenvalue weighted by molar-refractivity contribution is -0.149. The van der Waals surface area contributed by atoms with Crippen molar-refractivity contribution < 1.29 is 9.53 Å². The first kappa shape index (κ1) is 17.4. The Bertz CT molecular complexity index is 318. The third-order valence-electron chi connectivity index (χ3n) is 4.15. The van der Waals surface area contributed by atoms with E-state index in [2.05, 4.69) is 44.8 Å². The summed E-state index contributed by atoms with van der Waals surface area (Å²) in [6, 6.07) is 0.765. The Morgan fingerprint density at radius 2 is 2.05 bits per heavy atom. The van der Waals surface area contributed by atoms with Crippen molar-refractivity contribution in [1.29, 1.82) is 0 Å². The smallest absolute Gasteiger partial charge is 0.326 e. The van der Waals surface area contributed by atoms with E-state index in [1.165, 1.54) is 7.11 Å². The quantitative estimate of drug-likeness (QED) is 0.729. The summed E-state index contributed by atoms with van der Waals surface area (Å²) in [5.74, 6) is 0.551. The minimum atomic E-state index is -0.488. The molecule has 1 rings (SSSR count). The molecule has 0 heterocycles. The molecule has 1 aliphatic carbocycles. The first-order valence-electron chi connectivity index (χ1n) is 7.94. The number of methoxy groups -OCH3 is 1. The van der Waals surface area contributed by atoms with Crippen molar-refractivity contribution in [3.8, 4) is 0 Å². The number of hydrogen-bond donors (Lipinski definition) is 1. The summed E-state index contributed by atoms with van der Waals surface area (Å²) in [5, 5.41) is 3.47. The van der Waals surface area contributed by atoms with Crippen LogP contribution in [0.15, 0.2) is 0 Å². The lowest BCUT2D eigenvalue weighted by Crippen LogP contribution is -2.54. The number of carbonyl (C=O) groups excluding carboxylic acids is 1. The standard InChI is InChI=1S/C16H32N2O2/c1-7-18(11-12(2)3)14-8-9-16(10-14,15(19)20-6)17-13(4)5/h12-14,17H,7-11H2,1-6H3. The molecule has 20 heavy (non-hydrogen) atoms. The van der Waals surface area contributed by atoms with E-state index in [1.54, 1.807) is 0 Å². The van der Waals surface area contributed by atoms with Crippen LogP contribution in [-0.4, -0.2) is 48.7 Å². The van der Waals surface area contributed by atoms with Gasteiger partial charge in [0.25, 0.3) is 0 Å². The summed E-state index contributed by atoms with van der Waals surface area (Å²) in [7, 11) is 1.49. The molecule has 1 N–H and O–H groups in total. The average molecular weight is 284 g/mol. The summed E-state index contributed by atoms with van der Waals surface area (Å²) in [4.78, 5) is 14.8. The molecular formula is C16H32N2O2. The predicted octanol–water partition coefficient (Wildman–Crippen LogP) is 2.43. The van der Waals surface area contributed by atoms with E-state index in [9.17, 15) is 4.79 Å². The molecule has 1 saturated carbocycles. The van der Waals surface area contributed by atoms with Gasteiger partial charge >= 0.3 is 5.97 Å². The maximum absolute atomic E-state index is 12.2. The third kappa shape index (κ3) is 4.19. The van der Waals surface area contributed by atoms with Crippen LogP contribution in [-0.2, 0) is 9.53 Å². The number of rotatable bonds is 7. The molecule has 118 valence electrons. The average Bonchev–Trinajstić information content (AvgIpc) is 2.79. The molecule has 0 spiro atoms. The Hall–Kier alpha value is -0.610. The highest BCUT2D eigenvalue weighted by atomic mass is 16.5. The van der Waals surface area contributed by atoms with E-state index in [0.717, 1.165) is 32.4 Å². The molecule has 1 aliphatic rings. The van der Waals surface area contributed by atoms with E-state index >= 15 is 0 Å². The molecule has 0 saturated heterocycles. The van der Waals surface area contributed by atoms with Crippen LogP contribution in [0.2, 0.25) is 0 Å². The van der Waals surface area contributed by atoms with Gasteiger partial charge in [-0.3, -0.25) is 10.1 Å². The van der Waals surface area contributed by atoms with Gasteiger partial charge in [-0.1, -0.05) is 20.8 Å². The SMILES string of the molecule is CCN(CC(C)C)C1CCC(NC(C)C)(C(=O)OC)C1. The monoisotopic (exact) mass is 284 g/mol. The van der Waals surface area contributed by atoms with E-state index in [-0.39, 0.29) is 12.0 Å². The fourth-order valence-corrected chi connectivity index (χ4v) is 3.46. The van der Waals surface area contributed by atoms with Gasteiger partial charge in [0, 0.05) is 18.6 Å². The highest BCUT2D eigenvalue weighted by molar-refractivity contribution is 5.81. The Labute approximate surface area is 124 Å². The van der Waals surface area contributed by atoms with Crippen molar-refractivity contribution in [3.05, 3.63) is 0 Å². The number of nitrogens with zero attached hydrogens (tertiary/aromatic N) is 1. The Kier molecular flexibility index (Phi) is 6.46. The number of hydrogen-bond acceptors (Lipinski definition) is 4. The van der Waals surface area contributed by atoms with E-state index in [1.807, 2.05) is 0 Å². The van der Waals surface area contributed by atoms with Gasteiger partial charge in [-0.05, 0) is 45.6 Å². The minimum absolute atomic E-state index is 0.102.